The van der Waals surface area contributed by atoms with Gasteiger partial charge in [-0.25, -0.2) is 0 Å². The van der Waals surface area contributed by atoms with E-state index in [4.69, 9.17) is 5.11 Å². The van der Waals surface area contributed by atoms with Gasteiger partial charge < -0.3 is 5.11 Å². The first-order chi connectivity index (χ1) is 8.24. The Hall–Kier alpha value is -1.40. The summed E-state index contributed by atoms with van der Waals surface area (Å²) in [5, 5.41) is 16.4. The lowest BCUT2D eigenvalue weighted by Gasteiger charge is -2.01. The van der Waals surface area contributed by atoms with Crippen LogP contribution in [0, 0.1) is 0 Å². The smallest absolute Gasteiger partial charge is 0.307 e. The van der Waals surface area contributed by atoms with Crippen LogP contribution in [0.5, 0.6) is 0 Å². The van der Waals surface area contributed by atoms with Gasteiger partial charge in [0, 0.05) is 5.75 Å². The van der Waals surface area contributed by atoms with Crippen molar-refractivity contribution in [2.75, 3.05) is 0 Å². The van der Waals surface area contributed by atoms with Crippen molar-refractivity contribution < 1.29 is 9.90 Å². The maximum absolute atomic E-state index is 10.5. The van der Waals surface area contributed by atoms with Crippen molar-refractivity contribution in [2.24, 2.45) is 0 Å². The number of hydrogen-bond acceptors (Lipinski definition) is 5. The SMILES string of the molecule is O=C(O)Cc1ccc(CSc2nncs2)cc1. The van der Waals surface area contributed by atoms with Crippen LogP contribution < -0.4 is 0 Å². The first-order valence-corrected chi connectivity index (χ1v) is 6.79. The van der Waals surface area contributed by atoms with Gasteiger partial charge in [0.05, 0.1) is 6.42 Å². The molecule has 0 aliphatic rings. The van der Waals surface area contributed by atoms with Crippen molar-refractivity contribution in [2.45, 2.75) is 16.5 Å². The molecule has 0 spiro atoms. The number of thioether (sulfide) groups is 1. The van der Waals surface area contributed by atoms with Gasteiger partial charge in [0.25, 0.3) is 0 Å². The Morgan fingerprint density at radius 2 is 2.00 bits per heavy atom. The summed E-state index contributed by atoms with van der Waals surface area (Å²) >= 11 is 3.15. The Morgan fingerprint density at radius 1 is 1.29 bits per heavy atom. The molecule has 6 heteroatoms. The minimum atomic E-state index is -0.805. The third-order valence-corrected chi connectivity index (χ3v) is 4.01. The standard InChI is InChI=1S/C11H10N2O2S2/c14-10(15)5-8-1-3-9(4-2-8)6-16-11-13-12-7-17-11/h1-4,7H,5-6H2,(H,14,15). The maximum Gasteiger partial charge on any atom is 0.307 e. The van der Waals surface area contributed by atoms with Crippen molar-refractivity contribution in [3.63, 3.8) is 0 Å². The lowest BCUT2D eigenvalue weighted by molar-refractivity contribution is -0.136. The molecule has 0 unspecified atom stereocenters. The summed E-state index contributed by atoms with van der Waals surface area (Å²) in [5.41, 5.74) is 3.68. The molecular weight excluding hydrogens is 256 g/mol. The number of benzene rings is 1. The maximum atomic E-state index is 10.5. The van der Waals surface area contributed by atoms with Crippen molar-refractivity contribution in [3.05, 3.63) is 40.9 Å². The molecule has 4 nitrogen and oxygen atoms in total. The molecule has 0 bridgehead atoms. The molecule has 0 saturated carbocycles. The van der Waals surface area contributed by atoms with Crippen LogP contribution in [0.3, 0.4) is 0 Å². The average Bonchev–Trinajstić information content (AvgIpc) is 2.80. The van der Waals surface area contributed by atoms with E-state index in [2.05, 4.69) is 10.2 Å². The van der Waals surface area contributed by atoms with Gasteiger partial charge in [-0.05, 0) is 11.1 Å². The predicted octanol–water partition coefficient (Wildman–Crippen LogP) is 2.46. The van der Waals surface area contributed by atoms with Gasteiger partial charge >= 0.3 is 5.97 Å². The number of carboxylic acids is 1. The first kappa shape index (κ1) is 12.1. The fraction of sp³-hybridized carbons (Fsp3) is 0.182. The molecule has 2 rings (SSSR count). The Labute approximate surface area is 107 Å². The Kier molecular flexibility index (Phi) is 4.11. The summed E-state index contributed by atoms with van der Waals surface area (Å²) in [4.78, 5) is 10.5. The zero-order valence-corrected chi connectivity index (χ0v) is 10.5. The number of carbonyl (C=O) groups is 1. The summed E-state index contributed by atoms with van der Waals surface area (Å²) in [6.07, 6.45) is 0.0732. The number of nitrogens with zero attached hydrogens (tertiary/aromatic N) is 2. The fourth-order valence-corrected chi connectivity index (χ4v) is 2.74. The molecule has 1 heterocycles. The van der Waals surface area contributed by atoms with Gasteiger partial charge in [0.1, 0.15) is 5.51 Å². The minimum absolute atomic E-state index is 0.0732. The van der Waals surface area contributed by atoms with Crippen LogP contribution in [-0.2, 0) is 17.0 Å². The summed E-state index contributed by atoms with van der Waals surface area (Å²) in [5.74, 6) is 0.0173. The van der Waals surface area contributed by atoms with Crippen LogP contribution in [0.1, 0.15) is 11.1 Å². The van der Waals surface area contributed by atoms with Crippen molar-refractivity contribution in [1.82, 2.24) is 10.2 Å². The number of carboxylic acid groups (broad SMARTS) is 1. The van der Waals surface area contributed by atoms with Crippen LogP contribution in [0.4, 0.5) is 0 Å². The third-order valence-electron chi connectivity index (χ3n) is 2.08. The number of rotatable bonds is 5. The van der Waals surface area contributed by atoms with E-state index in [0.717, 1.165) is 21.2 Å². The molecule has 1 aromatic heterocycles. The molecule has 88 valence electrons. The molecule has 0 aliphatic carbocycles. The van der Waals surface area contributed by atoms with Crippen LogP contribution in [0.15, 0.2) is 34.1 Å². The minimum Gasteiger partial charge on any atom is -0.481 e. The summed E-state index contributed by atoms with van der Waals surface area (Å²) in [6, 6.07) is 7.60. The van der Waals surface area contributed by atoms with Crippen molar-refractivity contribution >= 4 is 29.1 Å². The van der Waals surface area contributed by atoms with Gasteiger partial charge in [-0.1, -0.05) is 47.4 Å². The van der Waals surface area contributed by atoms with E-state index in [-0.39, 0.29) is 6.42 Å². The second-order valence-corrected chi connectivity index (χ2v) is 5.44. The zero-order chi connectivity index (χ0) is 12.1. The van der Waals surface area contributed by atoms with Gasteiger partial charge in [-0.3, -0.25) is 4.79 Å². The van der Waals surface area contributed by atoms with Crippen molar-refractivity contribution in [1.29, 1.82) is 0 Å². The highest BCUT2D eigenvalue weighted by Gasteiger charge is 2.02. The van der Waals surface area contributed by atoms with E-state index in [0.29, 0.717) is 0 Å². The van der Waals surface area contributed by atoms with Crippen molar-refractivity contribution in [3.8, 4) is 0 Å². The second-order valence-electron chi connectivity index (χ2n) is 3.38. The number of aromatic nitrogens is 2. The molecule has 0 atom stereocenters. The molecule has 2 aromatic rings. The van der Waals surface area contributed by atoms with E-state index < -0.39 is 5.97 Å². The predicted molar refractivity (Wildman–Crippen MR) is 67.3 cm³/mol. The van der Waals surface area contributed by atoms with E-state index >= 15 is 0 Å². The van der Waals surface area contributed by atoms with Crippen LogP contribution in [0.2, 0.25) is 0 Å². The fourth-order valence-electron chi connectivity index (χ4n) is 1.30. The summed E-state index contributed by atoms with van der Waals surface area (Å²) in [7, 11) is 0. The van der Waals surface area contributed by atoms with Gasteiger partial charge in [-0.2, -0.15) is 0 Å². The third kappa shape index (κ3) is 3.83. The van der Waals surface area contributed by atoms with Gasteiger partial charge in [-0.15, -0.1) is 10.2 Å². The highest BCUT2D eigenvalue weighted by Crippen LogP contribution is 2.23. The molecule has 0 aliphatic heterocycles. The normalized spacial score (nSPS) is 10.4. The highest BCUT2D eigenvalue weighted by atomic mass is 32.2. The molecule has 0 amide bonds. The molecule has 0 saturated heterocycles. The van der Waals surface area contributed by atoms with E-state index in [9.17, 15) is 4.79 Å². The molecule has 1 N–H and O–H groups in total. The van der Waals surface area contributed by atoms with Crippen LogP contribution in [-0.4, -0.2) is 21.3 Å². The summed E-state index contributed by atoms with van der Waals surface area (Å²) < 4.78 is 0.944. The monoisotopic (exact) mass is 266 g/mol. The van der Waals surface area contributed by atoms with E-state index in [1.807, 2.05) is 24.3 Å². The lowest BCUT2D eigenvalue weighted by Crippen LogP contribution is -1.99. The largest absolute Gasteiger partial charge is 0.481 e. The van der Waals surface area contributed by atoms with Gasteiger partial charge in [0.15, 0.2) is 4.34 Å². The molecule has 0 fully saturated rings. The van der Waals surface area contributed by atoms with E-state index in [1.54, 1.807) is 17.3 Å². The molecular formula is C11H10N2O2S2. The van der Waals surface area contributed by atoms with E-state index in [1.165, 1.54) is 11.3 Å². The van der Waals surface area contributed by atoms with Crippen LogP contribution in [0.25, 0.3) is 0 Å². The number of hydrogen-bond donors (Lipinski definition) is 1. The molecule has 0 radical (unpaired) electrons. The lowest BCUT2D eigenvalue weighted by atomic mass is 10.1. The quantitative estimate of drug-likeness (QED) is 0.842. The Morgan fingerprint density at radius 3 is 2.59 bits per heavy atom. The number of aliphatic carboxylic acids is 1. The molecule has 17 heavy (non-hydrogen) atoms. The van der Waals surface area contributed by atoms with Crippen LogP contribution >= 0.6 is 23.1 Å². The summed E-state index contributed by atoms with van der Waals surface area (Å²) in [6.45, 7) is 0. The first-order valence-electron chi connectivity index (χ1n) is 4.92. The zero-order valence-electron chi connectivity index (χ0n) is 8.87. The second kappa shape index (κ2) is 5.79. The van der Waals surface area contributed by atoms with Gasteiger partial charge in [0.2, 0.25) is 0 Å². The molecule has 1 aromatic carbocycles. The topological polar surface area (TPSA) is 63.1 Å². The average molecular weight is 266 g/mol. The highest BCUT2D eigenvalue weighted by molar-refractivity contribution is 8.00. The Bertz CT molecular complexity index is 483. The Balaban J connectivity index is 1.91.